The maximum Gasteiger partial charge on any atom is 0.306 e. The lowest BCUT2D eigenvalue weighted by Crippen LogP contribution is -2.05. The van der Waals surface area contributed by atoms with Gasteiger partial charge in [-0.25, -0.2) is 0 Å². The van der Waals surface area contributed by atoms with Crippen molar-refractivity contribution in [3.8, 4) is 0 Å². The fourth-order valence-electron chi connectivity index (χ4n) is 4.27. The van der Waals surface area contributed by atoms with Crippen LogP contribution >= 0.6 is 0 Å². The molecule has 2 aromatic heterocycles. The molecule has 0 aliphatic carbocycles. The number of nitrogens with zero attached hydrogens (tertiary/aromatic N) is 2. The highest BCUT2D eigenvalue weighted by Gasteiger charge is 2.08. The summed E-state index contributed by atoms with van der Waals surface area (Å²) in [5.74, 6) is -0.332. The van der Waals surface area contributed by atoms with Gasteiger partial charge in [-0.3, -0.25) is 19.6 Å². The second-order valence-electron chi connectivity index (χ2n) is 8.92. The molecule has 6 heteroatoms. The molecule has 0 bridgehead atoms. The second-order valence-corrected chi connectivity index (χ2v) is 8.92. The molecule has 6 nitrogen and oxygen atoms in total. The first kappa shape index (κ1) is 25.3. The third-order valence-corrected chi connectivity index (χ3v) is 6.27. The Morgan fingerprint density at radius 2 is 0.972 bits per heavy atom. The number of para-hydroxylation sites is 2. The molecule has 0 amide bonds. The van der Waals surface area contributed by atoms with Crippen LogP contribution in [0.3, 0.4) is 0 Å². The Morgan fingerprint density at radius 1 is 0.556 bits per heavy atom. The summed E-state index contributed by atoms with van der Waals surface area (Å²) in [6, 6.07) is 19.5. The van der Waals surface area contributed by atoms with Crippen molar-refractivity contribution in [1.29, 1.82) is 0 Å². The average molecular weight is 485 g/mol. The standard InChI is InChI=1S/C30H32N2O4/c33-29(35-21-23-17-19-31-27-13-9-7-11-25(23)27)15-5-3-1-2-4-6-16-30(34)36-22-24-18-20-32-28-14-10-8-12-26(24)28/h7-14,17-20H,1-6,15-16,21-22H2. The quantitative estimate of drug-likeness (QED) is 0.155. The van der Waals surface area contributed by atoms with E-state index in [0.29, 0.717) is 12.8 Å². The number of ether oxygens (including phenoxy) is 2. The molecule has 36 heavy (non-hydrogen) atoms. The summed E-state index contributed by atoms with van der Waals surface area (Å²) >= 11 is 0. The predicted molar refractivity (Wildman–Crippen MR) is 140 cm³/mol. The third-order valence-electron chi connectivity index (χ3n) is 6.27. The number of hydrogen-bond acceptors (Lipinski definition) is 6. The van der Waals surface area contributed by atoms with E-state index < -0.39 is 0 Å². The Hall–Kier alpha value is -3.80. The number of pyridine rings is 2. The van der Waals surface area contributed by atoms with E-state index in [2.05, 4.69) is 9.97 Å². The normalized spacial score (nSPS) is 11.0. The van der Waals surface area contributed by atoms with Gasteiger partial charge in [0, 0.05) is 47.1 Å². The maximum atomic E-state index is 12.1. The van der Waals surface area contributed by atoms with Gasteiger partial charge in [-0.15, -0.1) is 0 Å². The van der Waals surface area contributed by atoms with Crippen LogP contribution in [0.4, 0.5) is 0 Å². The number of esters is 2. The summed E-state index contributed by atoms with van der Waals surface area (Å²) < 4.78 is 10.9. The molecular weight excluding hydrogens is 452 g/mol. The zero-order chi connectivity index (χ0) is 25.0. The molecular formula is C30H32N2O4. The molecule has 0 saturated heterocycles. The summed E-state index contributed by atoms with van der Waals surface area (Å²) in [7, 11) is 0. The molecule has 0 saturated carbocycles. The summed E-state index contributed by atoms with van der Waals surface area (Å²) in [5.41, 5.74) is 3.76. The molecule has 0 radical (unpaired) electrons. The Kier molecular flexibility index (Phi) is 9.37. The second kappa shape index (κ2) is 13.3. The number of carbonyl (C=O) groups excluding carboxylic acids is 2. The van der Waals surface area contributed by atoms with E-state index in [0.717, 1.165) is 71.5 Å². The zero-order valence-electron chi connectivity index (χ0n) is 20.5. The molecule has 186 valence electrons. The Balaban J connectivity index is 1.03. The first-order valence-corrected chi connectivity index (χ1v) is 12.7. The number of unbranched alkanes of at least 4 members (excludes halogenated alkanes) is 5. The van der Waals surface area contributed by atoms with Crippen molar-refractivity contribution in [3.05, 3.63) is 84.2 Å². The van der Waals surface area contributed by atoms with E-state index in [4.69, 9.17) is 9.47 Å². The molecule has 4 rings (SSSR count). The van der Waals surface area contributed by atoms with Crippen LogP contribution in [0, 0.1) is 0 Å². The molecule has 0 aliphatic heterocycles. The van der Waals surface area contributed by atoms with Crippen LogP contribution in [-0.4, -0.2) is 21.9 Å². The fraction of sp³-hybridized carbons (Fsp3) is 0.333. The topological polar surface area (TPSA) is 78.4 Å². The van der Waals surface area contributed by atoms with Crippen molar-refractivity contribution >= 4 is 33.7 Å². The van der Waals surface area contributed by atoms with Crippen molar-refractivity contribution in [1.82, 2.24) is 9.97 Å². The lowest BCUT2D eigenvalue weighted by Gasteiger charge is -2.08. The molecule has 2 heterocycles. The summed E-state index contributed by atoms with van der Waals surface area (Å²) in [6.07, 6.45) is 10.0. The summed E-state index contributed by atoms with van der Waals surface area (Å²) in [4.78, 5) is 32.9. The molecule has 0 atom stereocenters. The van der Waals surface area contributed by atoms with Crippen molar-refractivity contribution in [3.63, 3.8) is 0 Å². The van der Waals surface area contributed by atoms with Crippen LogP contribution in [0.1, 0.15) is 62.5 Å². The fourth-order valence-corrected chi connectivity index (χ4v) is 4.27. The number of fused-ring (bicyclic) bond motifs is 2. The Bertz CT molecular complexity index is 1190. The number of benzene rings is 2. The molecule has 0 N–H and O–H groups in total. The highest BCUT2D eigenvalue weighted by Crippen LogP contribution is 2.19. The molecule has 4 aromatic rings. The van der Waals surface area contributed by atoms with Gasteiger partial charge in [-0.2, -0.15) is 0 Å². The number of rotatable bonds is 13. The number of hydrogen-bond donors (Lipinski definition) is 0. The van der Waals surface area contributed by atoms with Gasteiger partial charge in [0.25, 0.3) is 0 Å². The molecule has 0 fully saturated rings. The van der Waals surface area contributed by atoms with E-state index in [1.165, 1.54) is 0 Å². The van der Waals surface area contributed by atoms with Gasteiger partial charge in [-0.1, -0.05) is 62.1 Å². The van der Waals surface area contributed by atoms with Crippen molar-refractivity contribution in [2.75, 3.05) is 0 Å². The van der Waals surface area contributed by atoms with Gasteiger partial charge in [0.1, 0.15) is 13.2 Å². The van der Waals surface area contributed by atoms with E-state index in [1.54, 1.807) is 12.4 Å². The van der Waals surface area contributed by atoms with Gasteiger partial charge in [0.15, 0.2) is 0 Å². The van der Waals surface area contributed by atoms with Crippen LogP contribution in [-0.2, 0) is 32.3 Å². The monoisotopic (exact) mass is 484 g/mol. The SMILES string of the molecule is O=C(CCCCCCCCC(=O)OCc1ccnc2ccccc12)OCc1ccnc2ccccc12. The molecule has 0 spiro atoms. The lowest BCUT2D eigenvalue weighted by atomic mass is 10.1. The first-order chi connectivity index (χ1) is 17.7. The molecule has 0 unspecified atom stereocenters. The van der Waals surface area contributed by atoms with Gasteiger partial charge >= 0.3 is 11.9 Å². The molecule has 2 aromatic carbocycles. The lowest BCUT2D eigenvalue weighted by molar-refractivity contribution is -0.146. The van der Waals surface area contributed by atoms with Crippen molar-refractivity contribution in [2.45, 2.75) is 64.6 Å². The van der Waals surface area contributed by atoms with Gasteiger partial charge in [-0.05, 0) is 37.1 Å². The minimum atomic E-state index is -0.166. The largest absolute Gasteiger partial charge is 0.461 e. The van der Waals surface area contributed by atoms with Crippen LogP contribution < -0.4 is 0 Å². The smallest absolute Gasteiger partial charge is 0.306 e. The maximum absolute atomic E-state index is 12.1. The Morgan fingerprint density at radius 3 is 1.44 bits per heavy atom. The van der Waals surface area contributed by atoms with Crippen molar-refractivity contribution < 1.29 is 19.1 Å². The predicted octanol–water partition coefficient (Wildman–Crippen LogP) is 6.69. The van der Waals surface area contributed by atoms with Crippen LogP contribution in [0.2, 0.25) is 0 Å². The van der Waals surface area contributed by atoms with E-state index >= 15 is 0 Å². The number of carbonyl (C=O) groups is 2. The highest BCUT2D eigenvalue weighted by atomic mass is 16.5. The van der Waals surface area contributed by atoms with E-state index in [-0.39, 0.29) is 25.2 Å². The van der Waals surface area contributed by atoms with Gasteiger partial charge in [0.05, 0.1) is 11.0 Å². The summed E-state index contributed by atoms with van der Waals surface area (Å²) in [5, 5.41) is 2.03. The summed E-state index contributed by atoms with van der Waals surface area (Å²) in [6.45, 7) is 0.546. The van der Waals surface area contributed by atoms with Crippen LogP contribution in [0.25, 0.3) is 21.8 Å². The third kappa shape index (κ3) is 7.35. The first-order valence-electron chi connectivity index (χ1n) is 12.7. The van der Waals surface area contributed by atoms with Crippen LogP contribution in [0.5, 0.6) is 0 Å². The molecule has 0 aliphatic rings. The Labute approximate surface area is 211 Å². The van der Waals surface area contributed by atoms with Gasteiger partial charge in [0.2, 0.25) is 0 Å². The van der Waals surface area contributed by atoms with E-state index in [9.17, 15) is 9.59 Å². The zero-order valence-corrected chi connectivity index (χ0v) is 20.5. The minimum absolute atomic E-state index is 0.166. The average Bonchev–Trinajstić information content (AvgIpc) is 2.92. The van der Waals surface area contributed by atoms with Crippen LogP contribution in [0.15, 0.2) is 73.1 Å². The minimum Gasteiger partial charge on any atom is -0.461 e. The van der Waals surface area contributed by atoms with Gasteiger partial charge < -0.3 is 9.47 Å². The van der Waals surface area contributed by atoms with E-state index in [1.807, 2.05) is 60.7 Å². The van der Waals surface area contributed by atoms with Crippen molar-refractivity contribution in [2.24, 2.45) is 0 Å². The highest BCUT2D eigenvalue weighted by molar-refractivity contribution is 5.82. The number of aromatic nitrogens is 2.